The van der Waals surface area contributed by atoms with E-state index in [9.17, 15) is 18.4 Å². The monoisotopic (exact) mass is 400 g/mol. The summed E-state index contributed by atoms with van der Waals surface area (Å²) in [4.78, 5) is 2.26. The van der Waals surface area contributed by atoms with Crippen molar-refractivity contribution in [2.75, 3.05) is 7.05 Å². The van der Waals surface area contributed by atoms with Gasteiger partial charge in [0.1, 0.15) is 0 Å². The molecule has 29 heavy (non-hydrogen) atoms. The number of hydrogen-bond donors (Lipinski definition) is 0. The first-order valence-electron chi connectivity index (χ1n) is 10.1. The highest BCUT2D eigenvalue weighted by atomic mass is 19.4. The molecule has 1 aliphatic carbocycles. The molecule has 0 N–H and O–H groups in total. The molecule has 0 aromatic heterocycles. The zero-order valence-electron chi connectivity index (χ0n) is 16.9. The molecule has 0 aliphatic heterocycles. The van der Waals surface area contributed by atoms with Gasteiger partial charge in [0.25, 0.3) is 0 Å². The maximum absolute atomic E-state index is 12.9. The van der Waals surface area contributed by atoms with E-state index < -0.39 is 17.2 Å². The van der Waals surface area contributed by atoms with Crippen LogP contribution in [0.25, 0.3) is 0 Å². The van der Waals surface area contributed by atoms with Gasteiger partial charge in [-0.2, -0.15) is 18.4 Å². The van der Waals surface area contributed by atoms with Crippen molar-refractivity contribution in [3.8, 4) is 6.07 Å². The molecular weight excluding hydrogens is 373 g/mol. The van der Waals surface area contributed by atoms with Crippen LogP contribution in [0, 0.1) is 17.2 Å². The van der Waals surface area contributed by atoms with Crippen molar-refractivity contribution in [1.82, 2.24) is 4.90 Å². The first-order chi connectivity index (χ1) is 13.8. The van der Waals surface area contributed by atoms with E-state index >= 15 is 0 Å². The normalized spacial score (nSPS) is 17.6. The fraction of sp³-hybridized carbons (Fsp3) is 0.458. The minimum Gasteiger partial charge on any atom is -0.299 e. The second kappa shape index (κ2) is 8.59. The highest BCUT2D eigenvalue weighted by molar-refractivity contribution is 5.38. The summed E-state index contributed by atoms with van der Waals surface area (Å²) in [6.07, 6.45) is -0.970. The molecule has 2 atom stereocenters. The van der Waals surface area contributed by atoms with Gasteiger partial charge in [-0.25, -0.2) is 0 Å². The number of halogens is 3. The third-order valence-electron chi connectivity index (χ3n) is 6.18. The first-order valence-corrected chi connectivity index (χ1v) is 10.1. The number of benzene rings is 2. The van der Waals surface area contributed by atoms with Gasteiger partial charge >= 0.3 is 6.18 Å². The molecule has 2 aromatic carbocycles. The number of hydrogen-bond acceptors (Lipinski definition) is 2. The summed E-state index contributed by atoms with van der Waals surface area (Å²) in [5.41, 5.74) is 0.581. The van der Waals surface area contributed by atoms with Crippen molar-refractivity contribution in [1.29, 1.82) is 5.26 Å². The van der Waals surface area contributed by atoms with Crippen LogP contribution in [0.1, 0.15) is 49.3 Å². The molecule has 0 saturated heterocycles. The highest BCUT2D eigenvalue weighted by Crippen LogP contribution is 2.50. The Bertz CT molecular complexity index is 835. The van der Waals surface area contributed by atoms with Crippen LogP contribution in [0.15, 0.2) is 54.6 Å². The lowest BCUT2D eigenvalue weighted by atomic mass is 9.73. The van der Waals surface area contributed by atoms with Crippen LogP contribution in [0.2, 0.25) is 0 Å². The SMILES string of the molecule is CC(CCC(C#N)(c1ccc(C(F)(F)F)cc1)C1CC1)N(C)Cc1ccccc1. The largest absolute Gasteiger partial charge is 0.416 e. The zero-order chi connectivity index (χ0) is 21.1. The van der Waals surface area contributed by atoms with Gasteiger partial charge in [-0.3, -0.25) is 4.90 Å². The van der Waals surface area contributed by atoms with Crippen molar-refractivity contribution >= 4 is 0 Å². The molecule has 0 heterocycles. The van der Waals surface area contributed by atoms with Crippen LogP contribution in [-0.4, -0.2) is 18.0 Å². The van der Waals surface area contributed by atoms with Gasteiger partial charge in [-0.1, -0.05) is 42.5 Å². The molecule has 1 aliphatic rings. The summed E-state index contributed by atoms with van der Waals surface area (Å²) < 4.78 is 38.8. The van der Waals surface area contributed by atoms with Gasteiger partial charge in [0.05, 0.1) is 17.0 Å². The summed E-state index contributed by atoms with van der Waals surface area (Å²) in [7, 11) is 2.07. The highest BCUT2D eigenvalue weighted by Gasteiger charge is 2.47. The minimum absolute atomic E-state index is 0.232. The average molecular weight is 400 g/mol. The van der Waals surface area contributed by atoms with E-state index in [-0.39, 0.29) is 12.0 Å². The van der Waals surface area contributed by atoms with E-state index in [1.807, 2.05) is 18.2 Å². The van der Waals surface area contributed by atoms with E-state index in [0.717, 1.165) is 37.9 Å². The molecule has 2 unspecified atom stereocenters. The Hall–Kier alpha value is -2.32. The predicted octanol–water partition coefficient (Wildman–Crippen LogP) is 6.18. The van der Waals surface area contributed by atoms with Crippen molar-refractivity contribution in [2.45, 2.75) is 56.8 Å². The van der Waals surface area contributed by atoms with Crippen LogP contribution < -0.4 is 0 Å². The number of rotatable bonds is 8. The Morgan fingerprint density at radius 1 is 1.03 bits per heavy atom. The topological polar surface area (TPSA) is 27.0 Å². The van der Waals surface area contributed by atoms with Crippen molar-refractivity contribution in [2.24, 2.45) is 5.92 Å². The van der Waals surface area contributed by atoms with E-state index in [4.69, 9.17) is 0 Å². The first kappa shape index (κ1) is 21.4. The van der Waals surface area contributed by atoms with Gasteiger partial charge in [-0.05, 0) is 68.8 Å². The lowest BCUT2D eigenvalue weighted by Crippen LogP contribution is -2.33. The van der Waals surface area contributed by atoms with Gasteiger partial charge in [-0.15, -0.1) is 0 Å². The van der Waals surface area contributed by atoms with Crippen LogP contribution >= 0.6 is 0 Å². The third-order valence-corrected chi connectivity index (χ3v) is 6.18. The molecule has 0 spiro atoms. The Balaban J connectivity index is 1.72. The van der Waals surface area contributed by atoms with Crippen LogP contribution in [0.4, 0.5) is 13.2 Å². The van der Waals surface area contributed by atoms with E-state index in [1.54, 1.807) is 0 Å². The summed E-state index contributed by atoms with van der Waals surface area (Å²) in [6, 6.07) is 18.2. The van der Waals surface area contributed by atoms with E-state index in [1.165, 1.54) is 17.7 Å². The third kappa shape index (κ3) is 5.00. The smallest absolute Gasteiger partial charge is 0.299 e. The van der Waals surface area contributed by atoms with Crippen molar-refractivity contribution in [3.05, 3.63) is 71.3 Å². The standard InChI is InChI=1S/C24H27F3N2/c1-18(29(2)16-19-6-4-3-5-7-19)14-15-23(17-28,20-8-9-20)21-10-12-22(13-11-21)24(25,26)27/h3-7,10-13,18,20H,8-9,14-16H2,1-2H3. The maximum atomic E-state index is 12.9. The van der Waals surface area contributed by atoms with E-state index in [2.05, 4.69) is 37.1 Å². The van der Waals surface area contributed by atoms with Gasteiger partial charge in [0, 0.05) is 12.6 Å². The van der Waals surface area contributed by atoms with Crippen molar-refractivity contribution < 1.29 is 13.2 Å². The molecule has 1 fully saturated rings. The second-order valence-electron chi connectivity index (χ2n) is 8.22. The van der Waals surface area contributed by atoms with E-state index in [0.29, 0.717) is 12.0 Å². The lowest BCUT2D eigenvalue weighted by molar-refractivity contribution is -0.137. The fourth-order valence-electron chi connectivity index (χ4n) is 4.01. The summed E-state index contributed by atoms with van der Waals surface area (Å²) in [5.74, 6) is 0.232. The summed E-state index contributed by atoms with van der Waals surface area (Å²) in [6.45, 7) is 2.97. The molecule has 2 aromatic rings. The Morgan fingerprint density at radius 3 is 2.14 bits per heavy atom. The van der Waals surface area contributed by atoms with Crippen molar-refractivity contribution in [3.63, 3.8) is 0 Å². The quantitative estimate of drug-likeness (QED) is 0.529. The summed E-state index contributed by atoms with van der Waals surface area (Å²) >= 11 is 0. The Labute approximate surface area is 171 Å². The molecule has 154 valence electrons. The number of nitrogens with zero attached hydrogens (tertiary/aromatic N) is 2. The van der Waals surface area contributed by atoms with Crippen LogP contribution in [-0.2, 0) is 18.1 Å². The average Bonchev–Trinajstić information content (AvgIpc) is 3.55. The predicted molar refractivity (Wildman–Crippen MR) is 108 cm³/mol. The molecule has 1 saturated carbocycles. The van der Waals surface area contributed by atoms with Gasteiger partial charge < -0.3 is 0 Å². The zero-order valence-corrected chi connectivity index (χ0v) is 16.9. The molecule has 5 heteroatoms. The number of nitriles is 1. The Morgan fingerprint density at radius 2 is 1.62 bits per heavy atom. The van der Waals surface area contributed by atoms with Gasteiger partial charge in [0.2, 0.25) is 0 Å². The molecule has 0 amide bonds. The van der Waals surface area contributed by atoms with Crippen LogP contribution in [0.5, 0.6) is 0 Å². The molecule has 0 bridgehead atoms. The maximum Gasteiger partial charge on any atom is 0.416 e. The molecule has 2 nitrogen and oxygen atoms in total. The van der Waals surface area contributed by atoms with Crippen LogP contribution in [0.3, 0.4) is 0 Å². The molecule has 3 rings (SSSR count). The summed E-state index contributed by atoms with van der Waals surface area (Å²) in [5, 5.41) is 10.1. The lowest BCUT2D eigenvalue weighted by Gasteiger charge is -2.31. The number of alkyl halides is 3. The molecule has 0 radical (unpaired) electrons. The minimum atomic E-state index is -4.36. The Kier molecular flexibility index (Phi) is 6.33. The molecular formula is C24H27F3N2. The van der Waals surface area contributed by atoms with Gasteiger partial charge in [0.15, 0.2) is 0 Å². The second-order valence-corrected chi connectivity index (χ2v) is 8.22. The fourth-order valence-corrected chi connectivity index (χ4v) is 4.01.